The minimum atomic E-state index is -2.35. The number of aliphatic hydroxyl groups is 4. The molecule has 12 heteroatoms. The van der Waals surface area contributed by atoms with E-state index in [1.807, 2.05) is 6.07 Å². The predicted octanol–water partition coefficient (Wildman–Crippen LogP) is -0.0530. The number of aliphatic hydroxyl groups excluding tert-OH is 4. The van der Waals surface area contributed by atoms with Crippen molar-refractivity contribution in [1.82, 2.24) is 0 Å². The molecule has 0 bridgehead atoms. The number of fused-ring (bicyclic) bond motifs is 5. The van der Waals surface area contributed by atoms with Crippen LogP contribution in [0, 0.1) is 0 Å². The maximum absolute atomic E-state index is 11.5. The van der Waals surface area contributed by atoms with E-state index in [9.17, 15) is 30.3 Å². The molecule has 0 unspecified atom stereocenters. The second-order valence-corrected chi connectivity index (χ2v) is 8.75. The quantitative estimate of drug-likeness (QED) is 0.354. The van der Waals surface area contributed by atoms with Crippen molar-refractivity contribution >= 4 is 5.97 Å². The molecule has 1 saturated heterocycles. The van der Waals surface area contributed by atoms with Gasteiger partial charge < -0.3 is 54.0 Å². The molecule has 0 spiro atoms. The third-order valence-electron chi connectivity index (χ3n) is 6.77. The number of ether oxygens (including phenoxy) is 6. The average Bonchev–Trinajstić information content (AvgIpc) is 3.27. The largest absolute Gasteiger partial charge is 0.493 e. The highest BCUT2D eigenvalue weighted by Crippen LogP contribution is 2.56. The number of hydrogen-bond acceptors (Lipinski definition) is 11. The van der Waals surface area contributed by atoms with Crippen molar-refractivity contribution in [2.75, 3.05) is 27.4 Å². The molecule has 12 nitrogen and oxygen atoms in total. The van der Waals surface area contributed by atoms with Gasteiger partial charge in [0.05, 0.1) is 26.7 Å². The fourth-order valence-corrected chi connectivity index (χ4v) is 4.90. The van der Waals surface area contributed by atoms with Crippen molar-refractivity contribution in [1.29, 1.82) is 0 Å². The molecule has 3 aliphatic rings. The summed E-state index contributed by atoms with van der Waals surface area (Å²) in [5.41, 5.74) is 1.62. The first-order valence-electron chi connectivity index (χ1n) is 11.2. The zero-order valence-electron chi connectivity index (χ0n) is 19.4. The van der Waals surface area contributed by atoms with Gasteiger partial charge in [0.15, 0.2) is 23.7 Å². The Morgan fingerprint density at radius 2 is 1.83 bits per heavy atom. The molecule has 0 amide bonds. The first-order chi connectivity index (χ1) is 17.2. The van der Waals surface area contributed by atoms with Crippen molar-refractivity contribution in [3.8, 4) is 28.7 Å². The molecule has 2 aromatic rings. The molecule has 0 aliphatic carbocycles. The van der Waals surface area contributed by atoms with E-state index in [-0.39, 0.29) is 18.3 Å². The first kappa shape index (κ1) is 24.4. The van der Waals surface area contributed by atoms with Crippen molar-refractivity contribution in [2.24, 2.45) is 0 Å². The molecule has 2 aromatic carbocycles. The molecule has 0 aromatic heterocycles. The first-order valence-corrected chi connectivity index (χ1v) is 11.2. The van der Waals surface area contributed by atoms with Crippen LogP contribution in [0.15, 0.2) is 30.3 Å². The summed E-state index contributed by atoms with van der Waals surface area (Å²) in [7, 11) is 3.07. The second-order valence-electron chi connectivity index (χ2n) is 8.75. The van der Waals surface area contributed by atoms with Gasteiger partial charge in [-0.1, -0.05) is 6.07 Å². The normalized spacial score (nSPS) is 32.3. The lowest BCUT2D eigenvalue weighted by molar-refractivity contribution is -0.338. The van der Waals surface area contributed by atoms with Crippen LogP contribution in [0.5, 0.6) is 28.7 Å². The fourth-order valence-electron chi connectivity index (χ4n) is 4.90. The molecule has 3 aliphatic heterocycles. The summed E-state index contributed by atoms with van der Waals surface area (Å²) in [5, 5.41) is 49.9. The van der Waals surface area contributed by atoms with Crippen molar-refractivity contribution in [2.45, 2.75) is 42.2 Å². The summed E-state index contributed by atoms with van der Waals surface area (Å²) in [4.78, 5) is 11.5. The highest BCUT2D eigenvalue weighted by atomic mass is 16.7. The van der Waals surface area contributed by atoms with Crippen molar-refractivity contribution in [3.05, 3.63) is 41.5 Å². The van der Waals surface area contributed by atoms with Crippen LogP contribution in [-0.2, 0) is 9.53 Å². The minimum Gasteiger partial charge on any atom is -0.493 e. The number of carboxylic acids is 1. The summed E-state index contributed by atoms with van der Waals surface area (Å²) < 4.78 is 34.0. The molecular formula is C24H26O12. The van der Waals surface area contributed by atoms with E-state index in [4.69, 9.17) is 28.4 Å². The standard InChI is InChI=1S/C24H26O12/c1-31-14-6-5-11-13-8-33-15-7-10(3-4-12(15)18(13)34-19(11)20(14)32-2)35-24(9-25)22(28)17(27)16(26)21(36-24)23(29)30/h3-7,13,16-18,21-22,25-28H,8-9H2,1-2H3,(H,29,30)/t13-,16-,17-,18+,21-,22+,24-/m0/s1. The van der Waals surface area contributed by atoms with Gasteiger partial charge in [-0.15, -0.1) is 0 Å². The summed E-state index contributed by atoms with van der Waals surface area (Å²) in [6.45, 7) is -0.732. The van der Waals surface area contributed by atoms with Crippen LogP contribution in [0.1, 0.15) is 23.1 Å². The van der Waals surface area contributed by atoms with Crippen LogP contribution >= 0.6 is 0 Å². The smallest absolute Gasteiger partial charge is 0.335 e. The third-order valence-corrected chi connectivity index (χ3v) is 6.77. The maximum atomic E-state index is 11.5. The molecule has 7 atom stereocenters. The Labute approximate surface area is 205 Å². The van der Waals surface area contributed by atoms with E-state index >= 15 is 0 Å². The van der Waals surface area contributed by atoms with Crippen LogP contribution in [-0.4, -0.2) is 89.1 Å². The third kappa shape index (κ3) is 3.61. The predicted molar refractivity (Wildman–Crippen MR) is 119 cm³/mol. The van der Waals surface area contributed by atoms with E-state index < -0.39 is 48.9 Å². The summed E-state index contributed by atoms with van der Waals surface area (Å²) in [5.74, 6) is -2.02. The Kier molecular flexibility index (Phi) is 6.09. The van der Waals surface area contributed by atoms with E-state index in [0.29, 0.717) is 28.6 Å². The van der Waals surface area contributed by atoms with Gasteiger partial charge in [0, 0.05) is 17.2 Å². The lowest BCUT2D eigenvalue weighted by atomic mass is 9.89. The molecule has 5 rings (SSSR count). The van der Waals surface area contributed by atoms with Crippen molar-refractivity contribution < 1.29 is 58.7 Å². The summed E-state index contributed by atoms with van der Waals surface area (Å²) in [6, 6.07) is 8.37. The lowest BCUT2D eigenvalue weighted by Crippen LogP contribution is -2.69. The Balaban J connectivity index is 1.44. The molecule has 194 valence electrons. The molecule has 1 fully saturated rings. The van der Waals surface area contributed by atoms with Crippen LogP contribution < -0.4 is 23.7 Å². The molecule has 5 N–H and O–H groups in total. The number of hydrogen-bond donors (Lipinski definition) is 5. The SMILES string of the molecule is COc1ccc2c(c1OC)O[C@@H]1c3ccc(O[C@@]4(CO)O[C@H](C(=O)O)[C@@H](O)[C@H](O)[C@H]4O)cc3OC[C@@H]21. The highest BCUT2D eigenvalue weighted by Gasteiger charge is 2.57. The molecule has 36 heavy (non-hydrogen) atoms. The topological polar surface area (TPSA) is 174 Å². The number of methoxy groups -OCH3 is 2. The number of aliphatic carboxylic acids is 1. The Morgan fingerprint density at radius 1 is 1.08 bits per heavy atom. The van der Waals surface area contributed by atoms with Crippen LogP contribution in [0.4, 0.5) is 0 Å². The van der Waals surface area contributed by atoms with E-state index in [2.05, 4.69) is 0 Å². The Hall–Kier alpha value is -3.29. The van der Waals surface area contributed by atoms with Crippen LogP contribution in [0.25, 0.3) is 0 Å². The van der Waals surface area contributed by atoms with Gasteiger partial charge in [0.2, 0.25) is 5.75 Å². The van der Waals surface area contributed by atoms with Gasteiger partial charge in [-0.3, -0.25) is 0 Å². The Morgan fingerprint density at radius 3 is 2.50 bits per heavy atom. The fraction of sp³-hybridized carbons (Fsp3) is 0.458. The van der Waals surface area contributed by atoms with Gasteiger partial charge in [0.25, 0.3) is 5.79 Å². The van der Waals surface area contributed by atoms with Crippen molar-refractivity contribution in [3.63, 3.8) is 0 Å². The van der Waals surface area contributed by atoms with Gasteiger partial charge in [-0.2, -0.15) is 0 Å². The monoisotopic (exact) mass is 506 g/mol. The van der Waals surface area contributed by atoms with Gasteiger partial charge in [-0.05, 0) is 18.2 Å². The number of benzene rings is 2. The number of carboxylic acid groups (broad SMARTS) is 1. The number of rotatable bonds is 6. The van der Waals surface area contributed by atoms with E-state index in [1.165, 1.54) is 26.4 Å². The van der Waals surface area contributed by atoms with Gasteiger partial charge in [-0.25, -0.2) is 4.79 Å². The van der Waals surface area contributed by atoms with Crippen LogP contribution in [0.2, 0.25) is 0 Å². The summed E-state index contributed by atoms with van der Waals surface area (Å²) in [6.07, 6.45) is -8.16. The zero-order chi connectivity index (χ0) is 25.8. The Bertz CT molecular complexity index is 1170. The van der Waals surface area contributed by atoms with E-state index in [0.717, 1.165) is 5.56 Å². The second kappa shape index (κ2) is 8.98. The lowest BCUT2D eigenvalue weighted by Gasteiger charge is -2.46. The average molecular weight is 506 g/mol. The zero-order valence-corrected chi connectivity index (χ0v) is 19.4. The van der Waals surface area contributed by atoms with E-state index in [1.54, 1.807) is 12.1 Å². The van der Waals surface area contributed by atoms with Crippen LogP contribution in [0.3, 0.4) is 0 Å². The number of carbonyl (C=O) groups is 1. The minimum absolute atomic E-state index is 0.0581. The molecule has 3 heterocycles. The molecular weight excluding hydrogens is 480 g/mol. The van der Waals surface area contributed by atoms with Gasteiger partial charge in [0.1, 0.15) is 36.4 Å². The summed E-state index contributed by atoms with van der Waals surface area (Å²) >= 11 is 0. The highest BCUT2D eigenvalue weighted by molar-refractivity contribution is 5.73. The van der Waals surface area contributed by atoms with Gasteiger partial charge >= 0.3 is 5.97 Å². The molecule has 0 saturated carbocycles. The molecule has 0 radical (unpaired) electrons. The maximum Gasteiger partial charge on any atom is 0.335 e.